The van der Waals surface area contributed by atoms with Crippen LogP contribution in [0.1, 0.15) is 19.8 Å². The number of likely N-dealkylation sites (tertiary alicyclic amines) is 1. The number of ether oxygens (including phenoxy) is 1. The first-order valence-corrected chi connectivity index (χ1v) is 11.1. The Kier molecular flexibility index (Phi) is 6.73. The second-order valence-electron chi connectivity index (χ2n) is 6.74. The van der Waals surface area contributed by atoms with Gasteiger partial charge in [0.05, 0.1) is 5.75 Å². The van der Waals surface area contributed by atoms with Crippen LogP contribution in [0.2, 0.25) is 0 Å². The third-order valence-electron chi connectivity index (χ3n) is 4.71. The van der Waals surface area contributed by atoms with Crippen molar-refractivity contribution in [3.05, 3.63) is 11.3 Å². The first-order valence-electron chi connectivity index (χ1n) is 9.04. The Balaban J connectivity index is 1.57. The molecule has 0 aromatic rings. The Morgan fingerprint density at radius 3 is 2.59 bits per heavy atom. The summed E-state index contributed by atoms with van der Waals surface area (Å²) in [5.41, 5.74) is 0.128. The Hall–Kier alpha value is -2.21. The Labute approximate surface area is 175 Å². The summed E-state index contributed by atoms with van der Waals surface area (Å²) in [6, 6.07) is -0.848. The van der Waals surface area contributed by atoms with Crippen LogP contribution in [-0.4, -0.2) is 86.5 Å². The Morgan fingerprint density at radius 2 is 1.97 bits per heavy atom. The number of fused-ring (bicyclic) bond motifs is 1. The zero-order chi connectivity index (χ0) is 21.1. The third kappa shape index (κ3) is 4.69. The number of aliphatic carboxylic acids is 1. The number of rotatable bonds is 6. The van der Waals surface area contributed by atoms with Crippen molar-refractivity contribution < 1.29 is 33.8 Å². The van der Waals surface area contributed by atoms with Crippen molar-refractivity contribution in [2.45, 2.75) is 31.2 Å². The van der Waals surface area contributed by atoms with Gasteiger partial charge in [0, 0.05) is 31.3 Å². The van der Waals surface area contributed by atoms with Crippen LogP contribution >= 0.6 is 23.5 Å². The zero-order valence-corrected chi connectivity index (χ0v) is 17.3. The van der Waals surface area contributed by atoms with Crippen molar-refractivity contribution in [3.8, 4) is 0 Å². The molecule has 3 rings (SSSR count). The maximum absolute atomic E-state index is 12.5. The number of nitrogens with zero attached hydrogens (tertiary/aromatic N) is 2. The van der Waals surface area contributed by atoms with Crippen LogP contribution in [0, 0.1) is 0 Å². The van der Waals surface area contributed by atoms with Gasteiger partial charge in [0.1, 0.15) is 23.7 Å². The van der Waals surface area contributed by atoms with E-state index in [0.29, 0.717) is 18.7 Å². The number of carboxylic acid groups (broad SMARTS) is 1. The van der Waals surface area contributed by atoms with Crippen molar-refractivity contribution in [2.24, 2.45) is 0 Å². The molecule has 2 saturated heterocycles. The molecule has 0 spiro atoms. The van der Waals surface area contributed by atoms with Gasteiger partial charge >= 0.3 is 11.9 Å². The van der Waals surface area contributed by atoms with Crippen LogP contribution in [-0.2, 0) is 23.9 Å². The number of thioether (sulfide) groups is 2. The lowest BCUT2D eigenvalue weighted by molar-refractivity contribution is -0.150. The fourth-order valence-electron chi connectivity index (χ4n) is 3.32. The molecule has 2 atom stereocenters. The molecule has 2 N–H and O–H groups in total. The number of carboxylic acids is 1. The van der Waals surface area contributed by atoms with E-state index in [1.807, 2.05) is 0 Å². The van der Waals surface area contributed by atoms with Gasteiger partial charge in [-0.1, -0.05) is 11.8 Å². The van der Waals surface area contributed by atoms with Crippen molar-refractivity contribution in [3.63, 3.8) is 0 Å². The van der Waals surface area contributed by atoms with Crippen molar-refractivity contribution in [2.75, 3.05) is 31.2 Å². The molecule has 3 aliphatic heterocycles. The SMILES string of the molecule is CC(=O)OCC1=C(C(=O)O)N2C(=O)C(NC(=O)CSC(=O)N3CCCC3)C2SC1. The van der Waals surface area contributed by atoms with E-state index >= 15 is 0 Å². The van der Waals surface area contributed by atoms with E-state index in [2.05, 4.69) is 5.32 Å². The number of amides is 3. The average Bonchev–Trinajstić information content (AvgIpc) is 3.22. The molecule has 0 aliphatic carbocycles. The van der Waals surface area contributed by atoms with Gasteiger partial charge in [-0.2, -0.15) is 0 Å². The molecule has 2 fully saturated rings. The van der Waals surface area contributed by atoms with Gasteiger partial charge in [-0.15, -0.1) is 11.8 Å². The van der Waals surface area contributed by atoms with E-state index < -0.39 is 35.2 Å². The molecular weight excluding hydrogens is 422 g/mol. The average molecular weight is 444 g/mol. The second-order valence-corrected chi connectivity index (χ2v) is 8.77. The van der Waals surface area contributed by atoms with E-state index in [-0.39, 0.29) is 29.0 Å². The molecule has 12 heteroatoms. The van der Waals surface area contributed by atoms with Crippen LogP contribution in [0.15, 0.2) is 11.3 Å². The minimum absolute atomic E-state index is 0.101. The van der Waals surface area contributed by atoms with E-state index in [4.69, 9.17) is 4.74 Å². The lowest BCUT2D eigenvalue weighted by Crippen LogP contribution is -2.70. The number of carbonyl (C=O) groups excluding carboxylic acids is 4. The van der Waals surface area contributed by atoms with Crippen LogP contribution in [0.4, 0.5) is 4.79 Å². The maximum Gasteiger partial charge on any atom is 0.352 e. The first-order chi connectivity index (χ1) is 13.8. The first kappa shape index (κ1) is 21.5. The summed E-state index contributed by atoms with van der Waals surface area (Å²) in [5, 5.41) is 11.4. The molecule has 3 heterocycles. The topological polar surface area (TPSA) is 133 Å². The summed E-state index contributed by atoms with van der Waals surface area (Å²) in [7, 11) is 0. The summed E-state index contributed by atoms with van der Waals surface area (Å²) < 4.78 is 4.87. The summed E-state index contributed by atoms with van der Waals surface area (Å²) in [6.45, 7) is 2.41. The van der Waals surface area contributed by atoms with Crippen LogP contribution < -0.4 is 5.32 Å². The number of esters is 1. The molecule has 29 heavy (non-hydrogen) atoms. The number of carbonyl (C=O) groups is 5. The van der Waals surface area contributed by atoms with E-state index in [1.54, 1.807) is 4.90 Å². The second kappa shape index (κ2) is 9.08. The molecule has 2 unspecified atom stereocenters. The van der Waals surface area contributed by atoms with Gasteiger partial charge in [0.15, 0.2) is 0 Å². The highest BCUT2D eigenvalue weighted by molar-refractivity contribution is 8.14. The largest absolute Gasteiger partial charge is 0.477 e. The van der Waals surface area contributed by atoms with Crippen LogP contribution in [0.3, 0.4) is 0 Å². The maximum atomic E-state index is 12.5. The van der Waals surface area contributed by atoms with Crippen molar-refractivity contribution >= 4 is 52.5 Å². The minimum Gasteiger partial charge on any atom is -0.477 e. The monoisotopic (exact) mass is 443 g/mol. The van der Waals surface area contributed by atoms with Crippen molar-refractivity contribution in [1.82, 2.24) is 15.1 Å². The zero-order valence-electron chi connectivity index (χ0n) is 15.7. The molecule has 0 aromatic carbocycles. The molecule has 3 aliphatic rings. The highest BCUT2D eigenvalue weighted by Crippen LogP contribution is 2.40. The number of hydrogen-bond acceptors (Lipinski definition) is 8. The van der Waals surface area contributed by atoms with E-state index in [1.165, 1.54) is 18.7 Å². The van der Waals surface area contributed by atoms with Gasteiger partial charge in [0.2, 0.25) is 5.91 Å². The lowest BCUT2D eigenvalue weighted by atomic mass is 10.0. The van der Waals surface area contributed by atoms with E-state index in [9.17, 15) is 29.1 Å². The van der Waals surface area contributed by atoms with Gasteiger partial charge in [-0.05, 0) is 12.8 Å². The van der Waals surface area contributed by atoms with Gasteiger partial charge in [0.25, 0.3) is 11.1 Å². The number of β-lactam (4-membered cyclic amide) rings is 1. The lowest BCUT2D eigenvalue weighted by Gasteiger charge is -2.49. The molecular formula is C17H21N3O7S2. The summed E-state index contributed by atoms with van der Waals surface area (Å²) in [4.78, 5) is 62.1. The van der Waals surface area contributed by atoms with Gasteiger partial charge < -0.3 is 20.1 Å². The summed E-state index contributed by atoms with van der Waals surface area (Å²) in [6.07, 6.45) is 1.92. The molecule has 3 amide bonds. The van der Waals surface area contributed by atoms with Crippen LogP contribution in [0.25, 0.3) is 0 Å². The van der Waals surface area contributed by atoms with E-state index in [0.717, 1.165) is 29.5 Å². The molecule has 158 valence electrons. The predicted molar refractivity (Wildman–Crippen MR) is 105 cm³/mol. The number of nitrogens with one attached hydrogen (secondary N) is 1. The fraction of sp³-hybridized carbons (Fsp3) is 0.588. The molecule has 0 saturated carbocycles. The quantitative estimate of drug-likeness (QED) is 0.437. The van der Waals surface area contributed by atoms with Gasteiger partial charge in [-0.3, -0.25) is 24.1 Å². The summed E-state index contributed by atoms with van der Waals surface area (Å²) >= 11 is 2.18. The predicted octanol–water partition coefficient (Wildman–Crippen LogP) is 0.237. The number of hydrogen-bond donors (Lipinski definition) is 2. The molecule has 0 bridgehead atoms. The smallest absolute Gasteiger partial charge is 0.352 e. The van der Waals surface area contributed by atoms with Gasteiger partial charge in [-0.25, -0.2) is 4.79 Å². The normalized spacial score (nSPS) is 23.4. The Morgan fingerprint density at radius 1 is 1.28 bits per heavy atom. The third-order valence-corrected chi connectivity index (χ3v) is 6.96. The Bertz CT molecular complexity index is 779. The standard InChI is InChI=1S/C17H21N3O7S2/c1-9(21)27-6-10-7-28-15-12(14(23)20(15)13(10)16(24)25)18-11(22)8-29-17(26)19-4-2-3-5-19/h12,15H,2-8H2,1H3,(H,18,22)(H,24,25). The highest BCUT2D eigenvalue weighted by atomic mass is 32.2. The minimum atomic E-state index is -1.29. The van der Waals surface area contributed by atoms with Crippen LogP contribution in [0.5, 0.6) is 0 Å². The summed E-state index contributed by atoms with van der Waals surface area (Å²) in [5.74, 6) is -2.66. The fourth-order valence-corrected chi connectivity index (χ4v) is 5.35. The highest BCUT2D eigenvalue weighted by Gasteiger charge is 2.54. The van der Waals surface area contributed by atoms with Crippen molar-refractivity contribution in [1.29, 1.82) is 0 Å². The molecule has 0 aromatic heterocycles. The molecule has 10 nitrogen and oxygen atoms in total. The molecule has 0 radical (unpaired) electrons.